The largest absolute Gasteiger partial charge is 0.465 e. The van der Waals surface area contributed by atoms with Gasteiger partial charge >= 0.3 is 0 Å². The highest BCUT2D eigenvalue weighted by atomic mass is 16.3. The average molecular weight is 221 g/mol. The molecule has 1 aliphatic carbocycles. The van der Waals surface area contributed by atoms with Crippen LogP contribution in [0.4, 0.5) is 0 Å². The zero-order valence-corrected chi connectivity index (χ0v) is 10.7. The Hall–Kier alpha value is -0.760. The maximum absolute atomic E-state index is 5.67. The van der Waals surface area contributed by atoms with Gasteiger partial charge in [0.15, 0.2) is 0 Å². The minimum absolute atomic E-state index is 0.584. The molecule has 1 heterocycles. The maximum Gasteiger partial charge on any atom is 0.117 e. The number of nitrogens with one attached hydrogen (secondary N) is 1. The standard InChI is InChI=1S/C14H23NO/c1-4-12-5-6-13(16-12)9-15-10-14(7-8-14)11(2)3/h5-6,11,15H,4,7-10H2,1-3H3. The predicted molar refractivity (Wildman–Crippen MR) is 66.3 cm³/mol. The molecule has 90 valence electrons. The lowest BCUT2D eigenvalue weighted by Crippen LogP contribution is -2.27. The minimum atomic E-state index is 0.584. The first kappa shape index (κ1) is 11.7. The molecule has 0 unspecified atom stereocenters. The first-order chi connectivity index (χ1) is 7.66. The van der Waals surface area contributed by atoms with Gasteiger partial charge in [0.25, 0.3) is 0 Å². The van der Waals surface area contributed by atoms with Crippen molar-refractivity contribution in [3.05, 3.63) is 23.7 Å². The smallest absolute Gasteiger partial charge is 0.117 e. The summed E-state index contributed by atoms with van der Waals surface area (Å²) in [5.41, 5.74) is 0.584. The van der Waals surface area contributed by atoms with E-state index >= 15 is 0 Å². The second-order valence-corrected chi connectivity index (χ2v) is 5.34. The Morgan fingerprint density at radius 2 is 2.00 bits per heavy atom. The van der Waals surface area contributed by atoms with Gasteiger partial charge < -0.3 is 9.73 Å². The van der Waals surface area contributed by atoms with Crippen molar-refractivity contribution in [3.8, 4) is 0 Å². The van der Waals surface area contributed by atoms with Crippen LogP contribution in [0.25, 0.3) is 0 Å². The fourth-order valence-corrected chi connectivity index (χ4v) is 2.26. The molecule has 1 fully saturated rings. The van der Waals surface area contributed by atoms with Gasteiger partial charge in [0, 0.05) is 13.0 Å². The van der Waals surface area contributed by atoms with E-state index in [1.54, 1.807) is 0 Å². The molecule has 0 aliphatic heterocycles. The average Bonchev–Trinajstić information content (AvgIpc) is 2.91. The monoisotopic (exact) mass is 221 g/mol. The van der Waals surface area contributed by atoms with Crippen molar-refractivity contribution in [1.29, 1.82) is 0 Å². The molecule has 1 aromatic rings. The molecule has 0 atom stereocenters. The molecule has 0 saturated heterocycles. The molecular weight excluding hydrogens is 198 g/mol. The van der Waals surface area contributed by atoms with Crippen LogP contribution in [0.3, 0.4) is 0 Å². The fraction of sp³-hybridized carbons (Fsp3) is 0.714. The van der Waals surface area contributed by atoms with Crippen LogP contribution in [0, 0.1) is 11.3 Å². The third-order valence-electron chi connectivity index (χ3n) is 3.96. The summed E-state index contributed by atoms with van der Waals surface area (Å²) in [5.74, 6) is 2.95. The lowest BCUT2D eigenvalue weighted by atomic mass is 9.92. The topological polar surface area (TPSA) is 25.2 Å². The Balaban J connectivity index is 1.76. The predicted octanol–water partition coefficient (Wildman–Crippen LogP) is 3.37. The Morgan fingerprint density at radius 3 is 2.50 bits per heavy atom. The maximum atomic E-state index is 5.67. The molecule has 2 nitrogen and oxygen atoms in total. The normalized spacial score (nSPS) is 18.0. The molecule has 0 aromatic carbocycles. The summed E-state index contributed by atoms with van der Waals surface area (Å²) in [6.07, 6.45) is 3.75. The van der Waals surface area contributed by atoms with Crippen molar-refractivity contribution in [1.82, 2.24) is 5.32 Å². The first-order valence-corrected chi connectivity index (χ1v) is 6.44. The lowest BCUT2D eigenvalue weighted by Gasteiger charge is -2.19. The lowest BCUT2D eigenvalue weighted by molar-refractivity contribution is 0.330. The Bertz CT molecular complexity index is 336. The van der Waals surface area contributed by atoms with Crippen LogP contribution in [0.2, 0.25) is 0 Å². The molecule has 1 aliphatic rings. The van der Waals surface area contributed by atoms with Gasteiger partial charge in [-0.15, -0.1) is 0 Å². The van der Waals surface area contributed by atoms with E-state index in [0.29, 0.717) is 5.41 Å². The zero-order valence-electron chi connectivity index (χ0n) is 10.7. The van der Waals surface area contributed by atoms with E-state index in [0.717, 1.165) is 36.9 Å². The Labute approximate surface area is 98.4 Å². The van der Waals surface area contributed by atoms with E-state index in [2.05, 4.69) is 38.2 Å². The van der Waals surface area contributed by atoms with Crippen molar-refractivity contribution in [2.45, 2.75) is 46.6 Å². The van der Waals surface area contributed by atoms with Crippen LogP contribution in [0.15, 0.2) is 16.5 Å². The van der Waals surface area contributed by atoms with Crippen molar-refractivity contribution in [2.75, 3.05) is 6.54 Å². The van der Waals surface area contributed by atoms with Gasteiger partial charge in [0.05, 0.1) is 6.54 Å². The molecule has 1 saturated carbocycles. The van der Waals surface area contributed by atoms with Gasteiger partial charge in [-0.3, -0.25) is 0 Å². The number of furan rings is 1. The highest BCUT2D eigenvalue weighted by Crippen LogP contribution is 2.51. The molecule has 1 N–H and O–H groups in total. The Morgan fingerprint density at radius 1 is 1.31 bits per heavy atom. The van der Waals surface area contributed by atoms with Crippen LogP contribution < -0.4 is 5.32 Å². The second kappa shape index (κ2) is 4.62. The fourth-order valence-electron chi connectivity index (χ4n) is 2.26. The summed E-state index contributed by atoms with van der Waals surface area (Å²) in [6.45, 7) is 8.78. The first-order valence-electron chi connectivity index (χ1n) is 6.44. The highest BCUT2D eigenvalue weighted by molar-refractivity contribution is 5.07. The van der Waals surface area contributed by atoms with Gasteiger partial charge in [-0.25, -0.2) is 0 Å². The molecule has 0 amide bonds. The van der Waals surface area contributed by atoms with Crippen LogP contribution in [0.5, 0.6) is 0 Å². The SMILES string of the molecule is CCc1ccc(CNCC2(C(C)C)CC2)o1. The molecule has 0 spiro atoms. The van der Waals surface area contributed by atoms with Gasteiger partial charge in [0.1, 0.15) is 11.5 Å². The van der Waals surface area contributed by atoms with Crippen LogP contribution >= 0.6 is 0 Å². The van der Waals surface area contributed by atoms with Gasteiger partial charge in [0.2, 0.25) is 0 Å². The van der Waals surface area contributed by atoms with Crippen LogP contribution in [-0.2, 0) is 13.0 Å². The van der Waals surface area contributed by atoms with E-state index in [1.807, 2.05) is 0 Å². The number of hydrogen-bond acceptors (Lipinski definition) is 2. The molecular formula is C14H23NO. The summed E-state index contributed by atoms with van der Waals surface area (Å²) in [5, 5.41) is 3.53. The van der Waals surface area contributed by atoms with E-state index in [-0.39, 0.29) is 0 Å². The molecule has 1 aromatic heterocycles. The van der Waals surface area contributed by atoms with E-state index in [1.165, 1.54) is 12.8 Å². The highest BCUT2D eigenvalue weighted by Gasteiger charge is 2.44. The summed E-state index contributed by atoms with van der Waals surface area (Å²) < 4.78 is 5.67. The van der Waals surface area contributed by atoms with E-state index in [4.69, 9.17) is 4.42 Å². The van der Waals surface area contributed by atoms with Gasteiger partial charge in [-0.2, -0.15) is 0 Å². The van der Waals surface area contributed by atoms with Crippen LogP contribution in [-0.4, -0.2) is 6.54 Å². The van der Waals surface area contributed by atoms with Gasteiger partial charge in [-0.1, -0.05) is 20.8 Å². The van der Waals surface area contributed by atoms with Crippen molar-refractivity contribution in [3.63, 3.8) is 0 Å². The summed E-state index contributed by atoms with van der Waals surface area (Å²) in [6, 6.07) is 4.16. The summed E-state index contributed by atoms with van der Waals surface area (Å²) in [4.78, 5) is 0. The Kier molecular flexibility index (Phi) is 3.38. The summed E-state index contributed by atoms with van der Waals surface area (Å²) >= 11 is 0. The van der Waals surface area contributed by atoms with Crippen molar-refractivity contribution >= 4 is 0 Å². The third-order valence-corrected chi connectivity index (χ3v) is 3.96. The molecule has 2 heteroatoms. The van der Waals surface area contributed by atoms with Crippen molar-refractivity contribution < 1.29 is 4.42 Å². The van der Waals surface area contributed by atoms with Crippen molar-refractivity contribution in [2.24, 2.45) is 11.3 Å². The molecule has 0 bridgehead atoms. The van der Waals surface area contributed by atoms with E-state index < -0.39 is 0 Å². The van der Waals surface area contributed by atoms with Crippen LogP contribution in [0.1, 0.15) is 45.1 Å². The van der Waals surface area contributed by atoms with Gasteiger partial charge in [-0.05, 0) is 36.3 Å². The number of hydrogen-bond donors (Lipinski definition) is 1. The minimum Gasteiger partial charge on any atom is -0.465 e. The summed E-state index contributed by atoms with van der Waals surface area (Å²) in [7, 11) is 0. The second-order valence-electron chi connectivity index (χ2n) is 5.34. The zero-order chi connectivity index (χ0) is 11.6. The number of rotatable bonds is 6. The third kappa shape index (κ3) is 2.49. The van der Waals surface area contributed by atoms with E-state index in [9.17, 15) is 0 Å². The molecule has 0 radical (unpaired) electrons. The quantitative estimate of drug-likeness (QED) is 0.796. The number of aryl methyl sites for hydroxylation is 1. The molecule has 16 heavy (non-hydrogen) atoms. The molecule has 2 rings (SSSR count).